The summed E-state index contributed by atoms with van der Waals surface area (Å²) in [7, 11) is 2.21. The average molecular weight is 290 g/mol. The Labute approximate surface area is 126 Å². The molecule has 1 aromatic heterocycles. The Morgan fingerprint density at radius 1 is 1.25 bits per heavy atom. The van der Waals surface area contributed by atoms with Gasteiger partial charge in [-0.3, -0.25) is 0 Å². The number of likely N-dealkylation sites (N-methyl/N-ethyl adjacent to an activating group) is 1. The third-order valence-electron chi connectivity index (χ3n) is 4.13. The lowest BCUT2D eigenvalue weighted by Crippen LogP contribution is -2.35. The van der Waals surface area contributed by atoms with E-state index in [0.717, 1.165) is 13.1 Å². The van der Waals surface area contributed by atoms with Crippen LogP contribution in [0.2, 0.25) is 0 Å². The van der Waals surface area contributed by atoms with Crippen LogP contribution in [0.4, 0.5) is 0 Å². The van der Waals surface area contributed by atoms with Crippen molar-refractivity contribution >= 4 is 21.4 Å². The summed E-state index contributed by atoms with van der Waals surface area (Å²) >= 11 is 1.90. The molecule has 2 aromatic rings. The van der Waals surface area contributed by atoms with Gasteiger partial charge in [0.1, 0.15) is 0 Å². The van der Waals surface area contributed by atoms with E-state index < -0.39 is 0 Å². The summed E-state index contributed by atoms with van der Waals surface area (Å²) in [5.41, 5.74) is 0. The molecule has 0 aliphatic rings. The van der Waals surface area contributed by atoms with Gasteiger partial charge in [0.05, 0.1) is 0 Å². The molecule has 0 aliphatic carbocycles. The van der Waals surface area contributed by atoms with Crippen LogP contribution in [0.1, 0.15) is 38.1 Å². The molecule has 0 saturated carbocycles. The predicted octanol–water partition coefficient (Wildman–Crippen LogP) is 4.28. The topological polar surface area (TPSA) is 15.3 Å². The molecule has 2 nitrogen and oxygen atoms in total. The van der Waals surface area contributed by atoms with E-state index in [2.05, 4.69) is 68.4 Å². The van der Waals surface area contributed by atoms with E-state index in [-0.39, 0.29) is 0 Å². The van der Waals surface area contributed by atoms with Crippen molar-refractivity contribution in [2.45, 2.75) is 39.3 Å². The zero-order chi connectivity index (χ0) is 14.5. The molecule has 20 heavy (non-hydrogen) atoms. The van der Waals surface area contributed by atoms with Gasteiger partial charge in [0.15, 0.2) is 0 Å². The van der Waals surface area contributed by atoms with Gasteiger partial charge >= 0.3 is 0 Å². The minimum atomic E-state index is 0.428. The molecular formula is C17H26N2S. The highest BCUT2D eigenvalue weighted by molar-refractivity contribution is 7.19. The lowest BCUT2D eigenvalue weighted by atomic mass is 10.2. The molecule has 110 valence electrons. The first-order valence-electron chi connectivity index (χ1n) is 7.54. The monoisotopic (exact) mass is 290 g/mol. The van der Waals surface area contributed by atoms with Crippen molar-refractivity contribution in [2.75, 3.05) is 20.1 Å². The van der Waals surface area contributed by atoms with Gasteiger partial charge in [-0.1, -0.05) is 25.1 Å². The second-order valence-corrected chi connectivity index (χ2v) is 6.72. The van der Waals surface area contributed by atoms with E-state index in [4.69, 9.17) is 0 Å². The van der Waals surface area contributed by atoms with Crippen molar-refractivity contribution in [3.63, 3.8) is 0 Å². The first-order valence-corrected chi connectivity index (χ1v) is 8.35. The Morgan fingerprint density at radius 2 is 2.00 bits per heavy atom. The van der Waals surface area contributed by atoms with Crippen LogP contribution < -0.4 is 5.32 Å². The molecule has 0 aliphatic heterocycles. The van der Waals surface area contributed by atoms with Crippen LogP contribution in [-0.4, -0.2) is 31.1 Å². The summed E-state index contributed by atoms with van der Waals surface area (Å²) < 4.78 is 1.38. The van der Waals surface area contributed by atoms with Gasteiger partial charge in [0, 0.05) is 34.8 Å². The Bertz CT molecular complexity index is 502. The average Bonchev–Trinajstić information content (AvgIpc) is 2.90. The van der Waals surface area contributed by atoms with E-state index in [1.165, 1.54) is 21.4 Å². The van der Waals surface area contributed by atoms with Crippen LogP contribution >= 0.6 is 11.3 Å². The third kappa shape index (κ3) is 3.81. The molecule has 2 unspecified atom stereocenters. The molecule has 3 heteroatoms. The predicted molar refractivity (Wildman–Crippen MR) is 90.6 cm³/mol. The zero-order valence-corrected chi connectivity index (χ0v) is 13.8. The molecule has 0 radical (unpaired) electrons. The van der Waals surface area contributed by atoms with E-state index in [1.807, 2.05) is 11.3 Å². The van der Waals surface area contributed by atoms with Crippen molar-refractivity contribution in [2.24, 2.45) is 0 Å². The van der Waals surface area contributed by atoms with E-state index in [0.29, 0.717) is 12.1 Å². The Kier molecular flexibility index (Phi) is 5.58. The minimum absolute atomic E-state index is 0.428. The fraction of sp³-hybridized carbons (Fsp3) is 0.529. The number of nitrogens with one attached hydrogen (secondary N) is 1. The Balaban J connectivity index is 1.87. The van der Waals surface area contributed by atoms with E-state index in [9.17, 15) is 0 Å². The standard InChI is InChI=1S/C17H26N2S/c1-5-13(2)19(4)11-10-18-14(3)17-12-15-8-6-7-9-16(15)20-17/h6-9,12-14,18H,5,10-11H2,1-4H3. The second kappa shape index (κ2) is 7.21. The van der Waals surface area contributed by atoms with Gasteiger partial charge < -0.3 is 10.2 Å². The lowest BCUT2D eigenvalue weighted by Gasteiger charge is -2.24. The molecule has 1 aromatic carbocycles. The molecule has 1 N–H and O–H groups in total. The van der Waals surface area contributed by atoms with Crippen molar-refractivity contribution < 1.29 is 0 Å². The summed E-state index contributed by atoms with van der Waals surface area (Å²) in [6.45, 7) is 8.93. The summed E-state index contributed by atoms with van der Waals surface area (Å²) in [5.74, 6) is 0. The van der Waals surface area contributed by atoms with Gasteiger partial charge in [-0.15, -0.1) is 11.3 Å². The van der Waals surface area contributed by atoms with Crippen molar-refractivity contribution in [1.29, 1.82) is 0 Å². The van der Waals surface area contributed by atoms with Gasteiger partial charge in [-0.2, -0.15) is 0 Å². The Hall–Kier alpha value is -0.900. The molecule has 0 saturated heterocycles. The van der Waals surface area contributed by atoms with Crippen molar-refractivity contribution in [3.05, 3.63) is 35.2 Å². The maximum absolute atomic E-state index is 3.64. The quantitative estimate of drug-likeness (QED) is 0.818. The van der Waals surface area contributed by atoms with Crippen LogP contribution in [0.3, 0.4) is 0 Å². The number of fused-ring (bicyclic) bond motifs is 1. The number of hydrogen-bond donors (Lipinski definition) is 1. The number of rotatable bonds is 7. The normalized spacial score (nSPS) is 14.8. The van der Waals surface area contributed by atoms with Crippen LogP contribution in [0, 0.1) is 0 Å². The van der Waals surface area contributed by atoms with Crippen LogP contribution in [0.5, 0.6) is 0 Å². The summed E-state index contributed by atoms with van der Waals surface area (Å²) in [5, 5.41) is 5.00. The summed E-state index contributed by atoms with van der Waals surface area (Å²) in [4.78, 5) is 3.85. The molecule has 0 spiro atoms. The molecule has 0 amide bonds. The summed E-state index contributed by atoms with van der Waals surface area (Å²) in [6, 6.07) is 12.0. The van der Waals surface area contributed by atoms with Crippen molar-refractivity contribution in [1.82, 2.24) is 10.2 Å². The SMILES string of the molecule is CCC(C)N(C)CCNC(C)c1cc2ccccc2s1. The van der Waals surface area contributed by atoms with E-state index >= 15 is 0 Å². The van der Waals surface area contributed by atoms with Crippen LogP contribution in [0.15, 0.2) is 30.3 Å². The molecule has 2 rings (SSSR count). The number of benzene rings is 1. The molecule has 0 bridgehead atoms. The first kappa shape index (κ1) is 15.5. The van der Waals surface area contributed by atoms with Gasteiger partial charge in [-0.05, 0) is 44.8 Å². The lowest BCUT2D eigenvalue weighted by molar-refractivity contribution is 0.249. The van der Waals surface area contributed by atoms with Crippen LogP contribution in [0.25, 0.3) is 10.1 Å². The van der Waals surface area contributed by atoms with E-state index in [1.54, 1.807) is 0 Å². The summed E-state index contributed by atoms with van der Waals surface area (Å²) in [6.07, 6.45) is 1.21. The fourth-order valence-electron chi connectivity index (χ4n) is 2.31. The van der Waals surface area contributed by atoms with Gasteiger partial charge in [0.2, 0.25) is 0 Å². The largest absolute Gasteiger partial charge is 0.308 e. The molecule has 1 heterocycles. The zero-order valence-electron chi connectivity index (χ0n) is 13.0. The smallest absolute Gasteiger partial charge is 0.0386 e. The first-order chi connectivity index (χ1) is 9.61. The number of nitrogens with zero attached hydrogens (tertiary/aromatic N) is 1. The maximum Gasteiger partial charge on any atom is 0.0386 e. The van der Waals surface area contributed by atoms with Gasteiger partial charge in [-0.25, -0.2) is 0 Å². The minimum Gasteiger partial charge on any atom is -0.308 e. The Morgan fingerprint density at radius 3 is 2.70 bits per heavy atom. The molecule has 2 atom stereocenters. The van der Waals surface area contributed by atoms with Crippen molar-refractivity contribution in [3.8, 4) is 0 Å². The fourth-order valence-corrected chi connectivity index (χ4v) is 3.40. The molecular weight excluding hydrogens is 264 g/mol. The highest BCUT2D eigenvalue weighted by atomic mass is 32.1. The molecule has 0 fully saturated rings. The maximum atomic E-state index is 3.64. The second-order valence-electron chi connectivity index (χ2n) is 5.60. The highest BCUT2D eigenvalue weighted by Gasteiger charge is 2.10. The highest BCUT2D eigenvalue weighted by Crippen LogP contribution is 2.29. The van der Waals surface area contributed by atoms with Crippen LogP contribution in [-0.2, 0) is 0 Å². The third-order valence-corrected chi connectivity index (χ3v) is 5.43. The number of thiophene rings is 1. The number of hydrogen-bond acceptors (Lipinski definition) is 3. The van der Waals surface area contributed by atoms with Gasteiger partial charge in [0.25, 0.3) is 0 Å².